The maximum atomic E-state index is 8.81. The molecule has 0 atom stereocenters. The maximum Gasteiger partial charge on any atom is 0.138 e. The van der Waals surface area contributed by atoms with Gasteiger partial charge in [-0.2, -0.15) is 5.26 Å². The number of aromatic amines is 1. The summed E-state index contributed by atoms with van der Waals surface area (Å²) in [5.41, 5.74) is 4.69. The summed E-state index contributed by atoms with van der Waals surface area (Å²) in [6, 6.07) is 14.8. The van der Waals surface area contributed by atoms with Crippen molar-refractivity contribution in [3.05, 3.63) is 54.2 Å². The molecule has 0 aliphatic carbocycles. The molecule has 3 aromatic rings. The number of H-pyrrole nitrogens is 1. The van der Waals surface area contributed by atoms with Gasteiger partial charge in [-0.3, -0.25) is 0 Å². The van der Waals surface area contributed by atoms with Gasteiger partial charge < -0.3 is 4.98 Å². The number of nitrogens with one attached hydrogen (secondary N) is 1. The van der Waals surface area contributed by atoms with Crippen molar-refractivity contribution >= 4 is 22.7 Å². The Bertz CT molecular complexity index is 764. The zero-order valence-corrected chi connectivity index (χ0v) is 11.3. The zero-order chi connectivity index (χ0) is 13.2. The van der Waals surface area contributed by atoms with Crippen LogP contribution in [0.15, 0.2) is 53.6 Å². The molecule has 0 spiro atoms. The average Bonchev–Trinajstić information content (AvgIpc) is 2.83. The lowest BCUT2D eigenvalue weighted by Crippen LogP contribution is -1.79. The third-order valence-electron chi connectivity index (χ3n) is 3.18. The minimum atomic E-state index is 0.978. The monoisotopic (exact) mass is 264 g/mol. The van der Waals surface area contributed by atoms with Crippen molar-refractivity contribution in [3.8, 4) is 16.5 Å². The van der Waals surface area contributed by atoms with E-state index in [1.54, 1.807) is 0 Å². The summed E-state index contributed by atoms with van der Waals surface area (Å²) < 4.78 is 0. The van der Waals surface area contributed by atoms with Gasteiger partial charge in [0.25, 0.3) is 0 Å². The molecular formula is C16H12N2S. The Hall–Kier alpha value is -2.18. The summed E-state index contributed by atoms with van der Waals surface area (Å²) >= 11 is 1.19. The first-order chi connectivity index (χ1) is 9.28. The first-order valence-corrected chi connectivity index (χ1v) is 6.84. The summed E-state index contributed by atoms with van der Waals surface area (Å²) in [5, 5.41) is 12.0. The van der Waals surface area contributed by atoms with E-state index in [9.17, 15) is 0 Å². The van der Waals surface area contributed by atoms with Gasteiger partial charge in [0, 0.05) is 22.0 Å². The summed E-state index contributed by atoms with van der Waals surface area (Å²) in [7, 11) is 0. The fraction of sp³-hybridized carbons (Fsp3) is 0.0625. The van der Waals surface area contributed by atoms with E-state index in [-0.39, 0.29) is 0 Å². The molecule has 0 radical (unpaired) electrons. The van der Waals surface area contributed by atoms with Gasteiger partial charge in [0.2, 0.25) is 0 Å². The number of thioether (sulfide) groups is 1. The highest BCUT2D eigenvalue weighted by Gasteiger charge is 2.06. The topological polar surface area (TPSA) is 39.6 Å². The van der Waals surface area contributed by atoms with Gasteiger partial charge >= 0.3 is 0 Å². The number of rotatable bonds is 2. The number of hydrogen-bond acceptors (Lipinski definition) is 2. The molecule has 0 aliphatic rings. The van der Waals surface area contributed by atoms with E-state index >= 15 is 0 Å². The highest BCUT2D eigenvalue weighted by molar-refractivity contribution is 8.04. The van der Waals surface area contributed by atoms with E-state index in [0.717, 1.165) is 15.8 Å². The van der Waals surface area contributed by atoms with Crippen LogP contribution in [0.25, 0.3) is 22.0 Å². The largest absolute Gasteiger partial charge is 0.360 e. The van der Waals surface area contributed by atoms with Gasteiger partial charge in [-0.1, -0.05) is 35.9 Å². The number of nitriles is 1. The summed E-state index contributed by atoms with van der Waals surface area (Å²) in [5.74, 6) is 0. The standard InChI is InChI=1S/C16H12N2S/c1-11-2-4-12(5-3-11)13-6-7-15-14(8-13)16(9-18-15)19-10-17/h2-9,18H,1H3. The summed E-state index contributed by atoms with van der Waals surface area (Å²) in [6.45, 7) is 2.08. The van der Waals surface area contributed by atoms with Crippen molar-refractivity contribution in [1.29, 1.82) is 5.26 Å². The molecule has 92 valence electrons. The molecule has 0 saturated heterocycles. The van der Waals surface area contributed by atoms with Gasteiger partial charge in [0.15, 0.2) is 0 Å². The van der Waals surface area contributed by atoms with Gasteiger partial charge in [-0.25, -0.2) is 0 Å². The first-order valence-electron chi connectivity index (χ1n) is 6.02. The molecule has 0 unspecified atom stereocenters. The molecular weight excluding hydrogens is 252 g/mol. The molecule has 1 aromatic heterocycles. The molecule has 0 fully saturated rings. The van der Waals surface area contributed by atoms with Crippen molar-refractivity contribution < 1.29 is 0 Å². The lowest BCUT2D eigenvalue weighted by Gasteiger charge is -2.03. The lowest BCUT2D eigenvalue weighted by molar-refractivity contribution is 1.42. The Kier molecular flexibility index (Phi) is 3.02. The second-order valence-electron chi connectivity index (χ2n) is 4.47. The lowest BCUT2D eigenvalue weighted by atomic mass is 10.0. The van der Waals surface area contributed by atoms with Crippen molar-refractivity contribution in [1.82, 2.24) is 4.98 Å². The third-order valence-corrected chi connectivity index (χ3v) is 3.83. The van der Waals surface area contributed by atoms with Crippen molar-refractivity contribution in [2.45, 2.75) is 11.8 Å². The molecule has 2 nitrogen and oxygen atoms in total. The van der Waals surface area contributed by atoms with Crippen LogP contribution in [-0.2, 0) is 0 Å². The Balaban J connectivity index is 2.12. The van der Waals surface area contributed by atoms with Crippen LogP contribution in [0, 0.1) is 17.6 Å². The minimum absolute atomic E-state index is 0.978. The van der Waals surface area contributed by atoms with Crippen LogP contribution in [0.3, 0.4) is 0 Å². The maximum absolute atomic E-state index is 8.81. The van der Waals surface area contributed by atoms with E-state index in [4.69, 9.17) is 5.26 Å². The second kappa shape index (κ2) is 4.83. The Morgan fingerprint density at radius 2 is 1.79 bits per heavy atom. The highest BCUT2D eigenvalue weighted by Crippen LogP contribution is 2.31. The van der Waals surface area contributed by atoms with Crippen LogP contribution in [0.4, 0.5) is 0 Å². The molecule has 0 bridgehead atoms. The highest BCUT2D eigenvalue weighted by atomic mass is 32.2. The van der Waals surface area contributed by atoms with Crippen molar-refractivity contribution in [3.63, 3.8) is 0 Å². The number of nitrogens with zero attached hydrogens (tertiary/aromatic N) is 1. The average molecular weight is 264 g/mol. The van der Waals surface area contributed by atoms with Crippen LogP contribution in [0.1, 0.15) is 5.56 Å². The van der Waals surface area contributed by atoms with E-state index in [2.05, 4.69) is 59.8 Å². The van der Waals surface area contributed by atoms with E-state index in [0.29, 0.717) is 0 Å². The molecule has 0 amide bonds. The number of benzene rings is 2. The quantitative estimate of drug-likeness (QED) is 0.537. The van der Waals surface area contributed by atoms with E-state index < -0.39 is 0 Å². The van der Waals surface area contributed by atoms with Crippen LogP contribution in [-0.4, -0.2) is 4.98 Å². The SMILES string of the molecule is Cc1ccc(-c2ccc3[nH]cc(SC#N)c3c2)cc1. The fourth-order valence-corrected chi connectivity index (χ4v) is 2.65. The van der Waals surface area contributed by atoms with Crippen LogP contribution >= 0.6 is 11.8 Å². The van der Waals surface area contributed by atoms with Gasteiger partial charge in [-0.05, 0) is 41.9 Å². The van der Waals surface area contributed by atoms with Gasteiger partial charge in [0.05, 0.1) is 0 Å². The van der Waals surface area contributed by atoms with Crippen LogP contribution in [0.2, 0.25) is 0 Å². The molecule has 0 saturated carbocycles. The summed E-state index contributed by atoms with van der Waals surface area (Å²) in [4.78, 5) is 4.17. The van der Waals surface area contributed by atoms with E-state index in [1.807, 2.05) is 6.20 Å². The third kappa shape index (κ3) is 2.23. The van der Waals surface area contributed by atoms with Crippen LogP contribution < -0.4 is 0 Å². The number of aryl methyl sites for hydroxylation is 1. The molecule has 1 N–H and O–H groups in total. The number of fused-ring (bicyclic) bond motifs is 1. The molecule has 0 aliphatic heterocycles. The van der Waals surface area contributed by atoms with Gasteiger partial charge in [0.1, 0.15) is 5.40 Å². The Morgan fingerprint density at radius 1 is 1.05 bits per heavy atom. The number of thiocyanates is 1. The first kappa shape index (κ1) is 11.9. The zero-order valence-electron chi connectivity index (χ0n) is 10.5. The normalized spacial score (nSPS) is 10.5. The smallest absolute Gasteiger partial charge is 0.138 e. The molecule has 19 heavy (non-hydrogen) atoms. The fourth-order valence-electron chi connectivity index (χ4n) is 2.15. The molecule has 2 aromatic carbocycles. The van der Waals surface area contributed by atoms with Crippen LogP contribution in [0.5, 0.6) is 0 Å². The predicted molar refractivity (Wildman–Crippen MR) is 79.9 cm³/mol. The van der Waals surface area contributed by atoms with Crippen molar-refractivity contribution in [2.24, 2.45) is 0 Å². The Morgan fingerprint density at radius 3 is 2.53 bits per heavy atom. The molecule has 3 heteroatoms. The second-order valence-corrected chi connectivity index (χ2v) is 5.30. The van der Waals surface area contributed by atoms with Crippen molar-refractivity contribution in [2.75, 3.05) is 0 Å². The van der Waals surface area contributed by atoms with E-state index in [1.165, 1.54) is 28.5 Å². The molecule has 1 heterocycles. The predicted octanol–water partition coefficient (Wildman–Crippen LogP) is 4.72. The Labute approximate surface area is 116 Å². The summed E-state index contributed by atoms with van der Waals surface area (Å²) in [6.07, 6.45) is 1.89. The number of aromatic nitrogens is 1. The minimum Gasteiger partial charge on any atom is -0.360 e. The van der Waals surface area contributed by atoms with Gasteiger partial charge in [-0.15, -0.1) is 0 Å². The molecule has 3 rings (SSSR count). The number of hydrogen-bond donors (Lipinski definition) is 1.